The molecule has 0 saturated heterocycles. The molecule has 0 fully saturated rings. The number of nitrogens with zero attached hydrogens (tertiary/aromatic N) is 1. The topological polar surface area (TPSA) is 65.5 Å². The average Bonchev–Trinajstić information content (AvgIpc) is 2.70. The Morgan fingerprint density at radius 1 is 1.16 bits per heavy atom. The first-order valence-electron chi connectivity index (χ1n) is 5.35. The van der Waals surface area contributed by atoms with Crippen LogP contribution in [0.3, 0.4) is 0 Å². The van der Waals surface area contributed by atoms with Gasteiger partial charge >= 0.3 is 11.9 Å². The maximum Gasteiger partial charge on any atom is 0.308 e. The van der Waals surface area contributed by atoms with Crippen molar-refractivity contribution in [2.45, 2.75) is 18.2 Å². The van der Waals surface area contributed by atoms with Crippen LogP contribution >= 0.6 is 23.1 Å². The lowest BCUT2D eigenvalue weighted by Gasteiger charge is -2.07. The van der Waals surface area contributed by atoms with Crippen LogP contribution in [0.25, 0.3) is 10.2 Å². The molecule has 1 aromatic heterocycles. The third kappa shape index (κ3) is 3.24. The minimum Gasteiger partial charge on any atom is -0.423 e. The van der Waals surface area contributed by atoms with E-state index in [9.17, 15) is 9.59 Å². The van der Waals surface area contributed by atoms with Gasteiger partial charge in [0.2, 0.25) is 0 Å². The number of hydrogen-bond donors (Lipinski definition) is 0. The first kappa shape index (κ1) is 13.8. The highest BCUT2D eigenvalue weighted by Gasteiger charge is 2.14. The Bertz CT molecular complexity index is 597. The minimum atomic E-state index is -0.479. The molecule has 2 rings (SSSR count). The molecule has 5 nitrogen and oxygen atoms in total. The zero-order valence-corrected chi connectivity index (χ0v) is 12.2. The van der Waals surface area contributed by atoms with Crippen molar-refractivity contribution < 1.29 is 19.1 Å². The summed E-state index contributed by atoms with van der Waals surface area (Å²) in [5.74, 6) is -0.518. The van der Waals surface area contributed by atoms with Crippen LogP contribution in [-0.4, -0.2) is 23.2 Å². The van der Waals surface area contributed by atoms with Gasteiger partial charge in [-0.05, 0) is 6.26 Å². The van der Waals surface area contributed by atoms with Crippen LogP contribution in [0.5, 0.6) is 11.5 Å². The van der Waals surface area contributed by atoms with Gasteiger partial charge < -0.3 is 9.47 Å². The van der Waals surface area contributed by atoms with E-state index in [1.165, 1.54) is 36.9 Å². The van der Waals surface area contributed by atoms with E-state index in [4.69, 9.17) is 9.47 Å². The summed E-state index contributed by atoms with van der Waals surface area (Å²) in [4.78, 5) is 26.5. The van der Waals surface area contributed by atoms with Crippen molar-refractivity contribution in [3.05, 3.63) is 12.1 Å². The molecule has 0 saturated carbocycles. The van der Waals surface area contributed by atoms with Gasteiger partial charge in [0.15, 0.2) is 15.8 Å². The fraction of sp³-hybridized carbons (Fsp3) is 0.250. The summed E-state index contributed by atoms with van der Waals surface area (Å²) in [7, 11) is 0. The number of fused-ring (bicyclic) bond motifs is 1. The van der Waals surface area contributed by atoms with Gasteiger partial charge in [-0.1, -0.05) is 11.8 Å². The van der Waals surface area contributed by atoms with E-state index in [0.29, 0.717) is 5.52 Å². The third-order valence-electron chi connectivity index (χ3n) is 2.12. The fourth-order valence-corrected chi connectivity index (χ4v) is 2.97. The van der Waals surface area contributed by atoms with E-state index < -0.39 is 11.9 Å². The summed E-state index contributed by atoms with van der Waals surface area (Å²) in [6, 6.07) is 3.26. The van der Waals surface area contributed by atoms with E-state index in [1.807, 2.05) is 6.26 Å². The number of thiazole rings is 1. The van der Waals surface area contributed by atoms with Crippen LogP contribution in [0, 0.1) is 0 Å². The normalized spacial score (nSPS) is 10.5. The lowest BCUT2D eigenvalue weighted by Crippen LogP contribution is -2.07. The summed E-state index contributed by atoms with van der Waals surface area (Å²) in [5, 5.41) is 0. The lowest BCUT2D eigenvalue weighted by molar-refractivity contribution is -0.134. The number of carbonyl (C=O) groups excluding carboxylic acids is 2. The van der Waals surface area contributed by atoms with E-state index in [2.05, 4.69) is 4.98 Å². The Labute approximate surface area is 117 Å². The molecule has 100 valence electrons. The molecule has 0 aliphatic heterocycles. The molecule has 2 aromatic rings. The van der Waals surface area contributed by atoms with E-state index in [0.717, 1.165) is 9.04 Å². The number of aromatic nitrogens is 1. The zero-order valence-electron chi connectivity index (χ0n) is 10.6. The molecular weight excluding hydrogens is 286 g/mol. The van der Waals surface area contributed by atoms with Gasteiger partial charge in [-0.25, -0.2) is 4.98 Å². The molecule has 0 radical (unpaired) electrons. The molecule has 0 aliphatic rings. The maximum atomic E-state index is 11.1. The Morgan fingerprint density at radius 2 is 1.74 bits per heavy atom. The highest BCUT2D eigenvalue weighted by molar-refractivity contribution is 8.00. The van der Waals surface area contributed by atoms with Crippen LogP contribution in [0.2, 0.25) is 0 Å². The highest BCUT2D eigenvalue weighted by Crippen LogP contribution is 2.37. The lowest BCUT2D eigenvalue weighted by atomic mass is 10.3. The number of esters is 2. The van der Waals surface area contributed by atoms with Crippen molar-refractivity contribution in [2.75, 3.05) is 6.26 Å². The van der Waals surface area contributed by atoms with Crippen molar-refractivity contribution in [3.8, 4) is 11.5 Å². The van der Waals surface area contributed by atoms with Crippen molar-refractivity contribution >= 4 is 45.3 Å². The van der Waals surface area contributed by atoms with E-state index in [-0.39, 0.29) is 11.5 Å². The maximum absolute atomic E-state index is 11.1. The zero-order chi connectivity index (χ0) is 14.0. The molecule has 0 amide bonds. The number of thioether (sulfide) groups is 1. The second kappa shape index (κ2) is 5.58. The average molecular weight is 297 g/mol. The monoisotopic (exact) mass is 297 g/mol. The predicted octanol–water partition coefficient (Wildman–Crippen LogP) is 2.87. The molecule has 0 spiro atoms. The van der Waals surface area contributed by atoms with Gasteiger partial charge in [-0.15, -0.1) is 11.3 Å². The fourth-order valence-electron chi connectivity index (χ4n) is 1.47. The summed E-state index contributed by atoms with van der Waals surface area (Å²) in [6.45, 7) is 2.58. The molecule has 0 bridgehead atoms. The van der Waals surface area contributed by atoms with Crippen molar-refractivity contribution in [1.82, 2.24) is 4.98 Å². The van der Waals surface area contributed by atoms with Crippen molar-refractivity contribution in [2.24, 2.45) is 0 Å². The number of hydrogen-bond acceptors (Lipinski definition) is 7. The first-order chi connectivity index (χ1) is 8.99. The Kier molecular flexibility index (Phi) is 4.06. The van der Waals surface area contributed by atoms with Crippen LogP contribution in [0.4, 0.5) is 0 Å². The number of rotatable bonds is 3. The molecule has 0 aliphatic carbocycles. The standard InChI is InChI=1S/C12H11NO4S2/c1-6(14)16-9-4-8-11(19-12(13-8)18-3)5-10(9)17-7(2)15/h4-5H,1-3H3. The second-order valence-corrected chi connectivity index (χ2v) is 5.72. The van der Waals surface area contributed by atoms with Crippen molar-refractivity contribution in [1.29, 1.82) is 0 Å². The van der Waals surface area contributed by atoms with Gasteiger partial charge in [0.25, 0.3) is 0 Å². The Balaban J connectivity index is 2.53. The largest absolute Gasteiger partial charge is 0.423 e. The molecule has 1 heterocycles. The number of carbonyl (C=O) groups is 2. The quantitative estimate of drug-likeness (QED) is 0.493. The minimum absolute atomic E-state index is 0.202. The van der Waals surface area contributed by atoms with Crippen LogP contribution in [0.15, 0.2) is 16.5 Å². The molecule has 7 heteroatoms. The number of benzene rings is 1. The van der Waals surface area contributed by atoms with Crippen molar-refractivity contribution in [3.63, 3.8) is 0 Å². The Morgan fingerprint density at radius 3 is 2.26 bits per heavy atom. The van der Waals surface area contributed by atoms with Crippen LogP contribution in [0.1, 0.15) is 13.8 Å². The first-order valence-corrected chi connectivity index (χ1v) is 7.39. The van der Waals surface area contributed by atoms with Gasteiger partial charge in [0, 0.05) is 26.0 Å². The van der Waals surface area contributed by atoms with E-state index >= 15 is 0 Å². The van der Waals surface area contributed by atoms with Gasteiger partial charge in [0.05, 0.1) is 10.2 Å². The highest BCUT2D eigenvalue weighted by atomic mass is 32.2. The van der Waals surface area contributed by atoms with Crippen LogP contribution < -0.4 is 9.47 Å². The molecule has 0 unspecified atom stereocenters. The van der Waals surface area contributed by atoms with Gasteiger partial charge in [-0.3, -0.25) is 9.59 Å². The second-order valence-electron chi connectivity index (χ2n) is 3.64. The SMILES string of the molecule is CSc1nc2cc(OC(C)=O)c(OC(C)=O)cc2s1. The molecule has 0 N–H and O–H groups in total. The number of ether oxygens (including phenoxy) is 2. The summed E-state index contributed by atoms with van der Waals surface area (Å²) in [5.41, 5.74) is 0.710. The van der Waals surface area contributed by atoms with Gasteiger partial charge in [0.1, 0.15) is 0 Å². The summed E-state index contributed by atoms with van der Waals surface area (Å²) >= 11 is 3.01. The Hall–Kier alpha value is -1.60. The predicted molar refractivity (Wildman–Crippen MR) is 74.0 cm³/mol. The summed E-state index contributed by atoms with van der Waals surface area (Å²) in [6.07, 6.45) is 1.93. The smallest absolute Gasteiger partial charge is 0.308 e. The third-order valence-corrected chi connectivity index (χ3v) is 4.12. The molecular formula is C12H11NO4S2. The molecule has 0 atom stereocenters. The van der Waals surface area contributed by atoms with Gasteiger partial charge in [-0.2, -0.15) is 0 Å². The molecule has 1 aromatic carbocycles. The molecule has 19 heavy (non-hydrogen) atoms. The van der Waals surface area contributed by atoms with E-state index in [1.54, 1.807) is 12.1 Å². The van der Waals surface area contributed by atoms with Crippen LogP contribution in [-0.2, 0) is 9.59 Å². The summed E-state index contributed by atoms with van der Waals surface area (Å²) < 4.78 is 11.9.